The molecule has 2 N–H and O–H groups in total. The summed E-state index contributed by atoms with van der Waals surface area (Å²) in [5, 5.41) is 3.57. The fraction of sp³-hybridized carbons (Fsp3) is 0.400. The van der Waals surface area contributed by atoms with Crippen molar-refractivity contribution >= 4 is 34.5 Å². The van der Waals surface area contributed by atoms with Gasteiger partial charge in [0.05, 0.1) is 26.2 Å². The Hall–Kier alpha value is -3.16. The molecule has 2 aromatic rings. The van der Waals surface area contributed by atoms with E-state index in [1.807, 2.05) is 24.3 Å². The van der Waals surface area contributed by atoms with Crippen LogP contribution in [0.3, 0.4) is 0 Å². The highest BCUT2D eigenvalue weighted by Crippen LogP contribution is 2.34. The Bertz CT molecular complexity index is 934. The van der Waals surface area contributed by atoms with Gasteiger partial charge in [-0.2, -0.15) is 0 Å². The number of methoxy groups -OCH3 is 1. The Balaban J connectivity index is 1.83. The molecular formula is C20H22N2O6. The minimum absolute atomic E-state index is 0.106. The fourth-order valence-corrected chi connectivity index (χ4v) is 3.60. The van der Waals surface area contributed by atoms with E-state index in [9.17, 15) is 19.2 Å². The molecule has 1 aliphatic rings. The molecule has 0 radical (unpaired) electrons. The molecule has 0 saturated carbocycles. The van der Waals surface area contributed by atoms with E-state index in [-0.39, 0.29) is 18.8 Å². The molecule has 1 aliphatic heterocycles. The first-order chi connectivity index (χ1) is 13.4. The molecule has 8 heteroatoms. The number of nitrogens with one attached hydrogen (secondary N) is 2. The number of aromatic amines is 1. The van der Waals surface area contributed by atoms with E-state index in [1.54, 1.807) is 13.1 Å². The van der Waals surface area contributed by atoms with Gasteiger partial charge in [0.25, 0.3) is 0 Å². The van der Waals surface area contributed by atoms with E-state index in [0.717, 1.165) is 23.6 Å². The van der Waals surface area contributed by atoms with Crippen molar-refractivity contribution in [1.29, 1.82) is 0 Å². The Morgan fingerprint density at radius 3 is 2.71 bits per heavy atom. The summed E-state index contributed by atoms with van der Waals surface area (Å²) < 4.78 is 9.59. The highest BCUT2D eigenvalue weighted by atomic mass is 16.5. The van der Waals surface area contributed by atoms with Crippen molar-refractivity contribution < 1.29 is 28.7 Å². The Morgan fingerprint density at radius 1 is 1.25 bits per heavy atom. The van der Waals surface area contributed by atoms with Crippen molar-refractivity contribution in [3.63, 3.8) is 0 Å². The van der Waals surface area contributed by atoms with Gasteiger partial charge in [0.2, 0.25) is 5.91 Å². The van der Waals surface area contributed by atoms with Gasteiger partial charge in [0.1, 0.15) is 0 Å². The van der Waals surface area contributed by atoms with Crippen LogP contribution >= 0.6 is 0 Å². The first kappa shape index (κ1) is 19.6. The predicted molar refractivity (Wildman–Crippen MR) is 99.3 cm³/mol. The number of aromatic nitrogens is 1. The number of esters is 2. The predicted octanol–water partition coefficient (Wildman–Crippen LogP) is 1.28. The molecule has 3 rings (SSSR count). The minimum Gasteiger partial charge on any atom is -0.468 e. The van der Waals surface area contributed by atoms with Gasteiger partial charge >= 0.3 is 11.9 Å². The average molecular weight is 386 g/mol. The van der Waals surface area contributed by atoms with Gasteiger partial charge < -0.3 is 19.8 Å². The third-order valence-electron chi connectivity index (χ3n) is 5.03. The Morgan fingerprint density at radius 2 is 2.00 bits per heavy atom. The average Bonchev–Trinajstić information content (AvgIpc) is 3.08. The Kier molecular flexibility index (Phi) is 5.48. The smallest absolute Gasteiger partial charge is 0.322 e. The van der Waals surface area contributed by atoms with Crippen LogP contribution in [-0.4, -0.2) is 48.4 Å². The van der Waals surface area contributed by atoms with Crippen molar-refractivity contribution in [2.24, 2.45) is 5.41 Å². The van der Waals surface area contributed by atoms with E-state index in [1.165, 1.54) is 0 Å². The summed E-state index contributed by atoms with van der Waals surface area (Å²) in [7, 11) is 1.12. The second kappa shape index (κ2) is 7.84. The lowest BCUT2D eigenvalue weighted by Gasteiger charge is -2.35. The number of para-hydroxylation sites is 1. The van der Waals surface area contributed by atoms with Crippen molar-refractivity contribution in [3.8, 4) is 0 Å². The van der Waals surface area contributed by atoms with E-state index < -0.39 is 42.1 Å². The molecule has 28 heavy (non-hydrogen) atoms. The van der Waals surface area contributed by atoms with Gasteiger partial charge in [0, 0.05) is 29.9 Å². The summed E-state index contributed by atoms with van der Waals surface area (Å²) in [5.74, 6) is -2.68. The molecule has 0 spiro atoms. The SMILES string of the molecule is CCOC(=O)C[C@@]1(C(=O)OC)CC(=O)[C@H](Cc2c[nH]c3ccccc23)NC1=O. The number of fused-ring (bicyclic) bond motifs is 1. The summed E-state index contributed by atoms with van der Waals surface area (Å²) in [6, 6.07) is 6.85. The van der Waals surface area contributed by atoms with Gasteiger partial charge in [-0.25, -0.2) is 0 Å². The number of benzene rings is 1. The summed E-state index contributed by atoms with van der Waals surface area (Å²) in [4.78, 5) is 53.0. The number of carbonyl (C=O) groups excluding carboxylic acids is 4. The van der Waals surface area contributed by atoms with Crippen LogP contribution in [0.5, 0.6) is 0 Å². The van der Waals surface area contributed by atoms with Gasteiger partial charge in [-0.15, -0.1) is 0 Å². The molecule has 2 heterocycles. The second-order valence-electron chi connectivity index (χ2n) is 6.79. The number of carbonyl (C=O) groups is 4. The van der Waals surface area contributed by atoms with Crippen LogP contribution in [0.2, 0.25) is 0 Å². The van der Waals surface area contributed by atoms with Crippen LogP contribution in [0, 0.1) is 5.41 Å². The number of ether oxygens (including phenoxy) is 2. The van der Waals surface area contributed by atoms with Crippen molar-refractivity contribution in [1.82, 2.24) is 10.3 Å². The van der Waals surface area contributed by atoms with Gasteiger partial charge in [-0.1, -0.05) is 18.2 Å². The molecule has 1 fully saturated rings. The molecule has 1 amide bonds. The number of amides is 1. The number of hydrogen-bond donors (Lipinski definition) is 2. The van der Waals surface area contributed by atoms with Crippen LogP contribution < -0.4 is 5.32 Å². The molecule has 148 valence electrons. The lowest BCUT2D eigenvalue weighted by molar-refractivity contribution is -0.170. The van der Waals surface area contributed by atoms with E-state index in [4.69, 9.17) is 9.47 Å². The summed E-state index contributed by atoms with van der Waals surface area (Å²) in [5.41, 5.74) is -0.0852. The maximum Gasteiger partial charge on any atom is 0.322 e. The summed E-state index contributed by atoms with van der Waals surface area (Å²) >= 11 is 0. The van der Waals surface area contributed by atoms with Crippen LogP contribution in [0.4, 0.5) is 0 Å². The van der Waals surface area contributed by atoms with Crippen LogP contribution in [0.15, 0.2) is 30.5 Å². The van der Waals surface area contributed by atoms with Gasteiger partial charge in [0.15, 0.2) is 11.2 Å². The van der Waals surface area contributed by atoms with Crippen LogP contribution in [-0.2, 0) is 35.1 Å². The number of H-pyrrole nitrogens is 1. The zero-order valence-electron chi connectivity index (χ0n) is 15.7. The van der Waals surface area contributed by atoms with Crippen LogP contribution in [0.1, 0.15) is 25.3 Å². The summed E-state index contributed by atoms with van der Waals surface area (Å²) in [6.07, 6.45) is 1.14. The lowest BCUT2D eigenvalue weighted by atomic mass is 9.74. The first-order valence-corrected chi connectivity index (χ1v) is 9.04. The number of hydrogen-bond acceptors (Lipinski definition) is 6. The third-order valence-corrected chi connectivity index (χ3v) is 5.03. The highest BCUT2D eigenvalue weighted by molar-refractivity contribution is 6.12. The molecule has 1 saturated heterocycles. The van der Waals surface area contributed by atoms with E-state index >= 15 is 0 Å². The number of rotatable bonds is 6. The first-order valence-electron chi connectivity index (χ1n) is 9.04. The molecule has 0 unspecified atom stereocenters. The number of ketones is 1. The Labute approximate surface area is 161 Å². The highest BCUT2D eigenvalue weighted by Gasteiger charge is 2.55. The largest absolute Gasteiger partial charge is 0.468 e. The van der Waals surface area contributed by atoms with Crippen molar-refractivity contribution in [3.05, 3.63) is 36.0 Å². The number of piperidine rings is 1. The van der Waals surface area contributed by atoms with Crippen molar-refractivity contribution in [2.45, 2.75) is 32.2 Å². The molecule has 2 atom stereocenters. The number of Topliss-reactive ketones (excluding diaryl/α,β-unsaturated/α-hetero) is 1. The summed E-state index contributed by atoms with van der Waals surface area (Å²) in [6.45, 7) is 1.72. The van der Waals surface area contributed by atoms with Gasteiger partial charge in [-0.3, -0.25) is 19.2 Å². The standard InChI is InChI=1S/C20H22N2O6/c1-3-28-17(24)10-20(19(26)27-2)9-16(23)15(22-18(20)25)8-12-11-21-14-7-5-4-6-13(12)14/h4-7,11,15,21H,3,8-10H2,1-2H3,(H,22,25)/t15-,20-/m0/s1. The lowest BCUT2D eigenvalue weighted by Crippen LogP contribution is -2.60. The normalized spacial score (nSPS) is 22.0. The zero-order chi connectivity index (χ0) is 20.3. The maximum absolute atomic E-state index is 12.8. The third kappa shape index (κ3) is 3.49. The monoisotopic (exact) mass is 386 g/mol. The van der Waals surface area contributed by atoms with Crippen LogP contribution in [0.25, 0.3) is 10.9 Å². The maximum atomic E-state index is 12.8. The molecular weight excluding hydrogens is 364 g/mol. The van der Waals surface area contributed by atoms with E-state index in [0.29, 0.717) is 0 Å². The second-order valence-corrected chi connectivity index (χ2v) is 6.79. The zero-order valence-corrected chi connectivity index (χ0v) is 15.7. The quantitative estimate of drug-likeness (QED) is 0.571. The minimum atomic E-state index is -1.89. The van der Waals surface area contributed by atoms with E-state index in [2.05, 4.69) is 10.3 Å². The molecule has 0 bridgehead atoms. The molecule has 8 nitrogen and oxygen atoms in total. The molecule has 1 aromatic heterocycles. The topological polar surface area (TPSA) is 115 Å². The molecule has 0 aliphatic carbocycles. The van der Waals surface area contributed by atoms with Crippen molar-refractivity contribution in [2.75, 3.05) is 13.7 Å². The molecule has 1 aromatic carbocycles. The van der Waals surface area contributed by atoms with Gasteiger partial charge in [-0.05, 0) is 18.6 Å². The fourth-order valence-electron chi connectivity index (χ4n) is 3.60.